The van der Waals surface area contributed by atoms with E-state index in [4.69, 9.17) is 0 Å². The number of thiophene rings is 1. The van der Waals surface area contributed by atoms with Gasteiger partial charge in [-0.05, 0) is 22.4 Å². The molecule has 0 amide bonds. The van der Waals surface area contributed by atoms with Gasteiger partial charge in [-0.2, -0.15) is 0 Å². The Balaban J connectivity index is 1.94. The third-order valence-electron chi connectivity index (χ3n) is 3.05. The molecule has 21 heavy (non-hydrogen) atoms. The number of hydrogen-bond donors (Lipinski definition) is 1. The smallest absolute Gasteiger partial charge is 0.251 e. The molecule has 0 atom stereocenters. The van der Waals surface area contributed by atoms with Crippen LogP contribution in [0, 0.1) is 0 Å². The summed E-state index contributed by atoms with van der Waals surface area (Å²) in [4.78, 5) is 19.1. The molecule has 2 heterocycles. The number of benzene rings is 1. The zero-order valence-electron chi connectivity index (χ0n) is 11.9. The summed E-state index contributed by atoms with van der Waals surface area (Å²) >= 11 is 3.31. The van der Waals surface area contributed by atoms with Crippen molar-refractivity contribution in [3.8, 4) is 0 Å². The van der Waals surface area contributed by atoms with Crippen LogP contribution in [0.2, 0.25) is 0 Å². The van der Waals surface area contributed by atoms with E-state index in [2.05, 4.69) is 41.3 Å². The molecule has 3 nitrogen and oxygen atoms in total. The Kier molecular flexibility index (Phi) is 4.12. The van der Waals surface area contributed by atoms with Crippen molar-refractivity contribution < 1.29 is 0 Å². The molecule has 0 saturated carbocycles. The summed E-state index contributed by atoms with van der Waals surface area (Å²) in [5, 5.41) is 4.50. The van der Waals surface area contributed by atoms with E-state index in [0.717, 1.165) is 5.69 Å². The van der Waals surface area contributed by atoms with Crippen molar-refractivity contribution in [2.75, 3.05) is 0 Å². The highest BCUT2D eigenvalue weighted by Crippen LogP contribution is 2.27. The maximum atomic E-state index is 11.8. The van der Waals surface area contributed by atoms with Gasteiger partial charge in [0.25, 0.3) is 5.56 Å². The lowest BCUT2D eigenvalue weighted by Crippen LogP contribution is -2.11. The minimum absolute atomic E-state index is 0.0808. The number of thioether (sulfide) groups is 1. The number of aromatic amines is 1. The van der Waals surface area contributed by atoms with Crippen LogP contribution in [0.25, 0.3) is 10.1 Å². The van der Waals surface area contributed by atoms with Gasteiger partial charge in [-0.3, -0.25) is 4.79 Å². The summed E-state index contributed by atoms with van der Waals surface area (Å²) in [6, 6.07) is 9.93. The molecule has 1 N–H and O–H groups in total. The monoisotopic (exact) mass is 316 g/mol. The number of fused-ring (bicyclic) bond motifs is 1. The molecule has 0 aliphatic carbocycles. The van der Waals surface area contributed by atoms with Crippen LogP contribution in [0.5, 0.6) is 0 Å². The minimum Gasteiger partial charge on any atom is -0.301 e. The van der Waals surface area contributed by atoms with Crippen molar-refractivity contribution in [1.82, 2.24) is 9.97 Å². The van der Waals surface area contributed by atoms with E-state index in [9.17, 15) is 4.79 Å². The standard InChI is InChI=1S/C16H16N2OS2/c1-10(2)21-16-17-12(8-15(19)18-16)7-11-9-20-14-6-4-3-5-13(11)14/h3-6,8-10H,7H2,1-2H3,(H,17,18,19). The molecule has 3 aromatic rings. The SMILES string of the molecule is CC(C)Sc1nc(Cc2csc3ccccc23)cc(=O)[nH]1. The molecular weight excluding hydrogens is 300 g/mol. The fourth-order valence-corrected chi connectivity index (χ4v) is 3.96. The van der Waals surface area contributed by atoms with Crippen LogP contribution in [0.3, 0.4) is 0 Å². The first-order valence-electron chi connectivity index (χ1n) is 6.84. The highest BCUT2D eigenvalue weighted by Gasteiger charge is 2.08. The van der Waals surface area contributed by atoms with Gasteiger partial charge in [0, 0.05) is 22.4 Å². The first-order valence-corrected chi connectivity index (χ1v) is 8.60. The topological polar surface area (TPSA) is 45.8 Å². The van der Waals surface area contributed by atoms with Gasteiger partial charge in [0.1, 0.15) is 0 Å². The summed E-state index contributed by atoms with van der Waals surface area (Å²) in [6.07, 6.45) is 0.694. The number of nitrogens with one attached hydrogen (secondary N) is 1. The van der Waals surface area contributed by atoms with Crippen molar-refractivity contribution in [2.24, 2.45) is 0 Å². The highest BCUT2D eigenvalue weighted by atomic mass is 32.2. The zero-order chi connectivity index (χ0) is 14.8. The van der Waals surface area contributed by atoms with E-state index < -0.39 is 0 Å². The molecule has 0 spiro atoms. The van der Waals surface area contributed by atoms with Crippen LogP contribution in [0.1, 0.15) is 25.1 Å². The van der Waals surface area contributed by atoms with Gasteiger partial charge >= 0.3 is 0 Å². The Morgan fingerprint density at radius 2 is 2.14 bits per heavy atom. The maximum Gasteiger partial charge on any atom is 0.251 e. The van der Waals surface area contributed by atoms with Crippen molar-refractivity contribution >= 4 is 33.2 Å². The molecular formula is C16H16N2OS2. The molecule has 2 aromatic heterocycles. The third-order valence-corrected chi connectivity index (χ3v) is 4.95. The summed E-state index contributed by atoms with van der Waals surface area (Å²) < 4.78 is 1.27. The van der Waals surface area contributed by atoms with Crippen LogP contribution in [-0.4, -0.2) is 15.2 Å². The normalized spacial score (nSPS) is 11.4. The van der Waals surface area contributed by atoms with Gasteiger partial charge in [-0.15, -0.1) is 11.3 Å². The highest BCUT2D eigenvalue weighted by molar-refractivity contribution is 7.99. The number of aromatic nitrogens is 2. The van der Waals surface area contributed by atoms with Crippen LogP contribution in [0.15, 0.2) is 45.7 Å². The molecule has 0 radical (unpaired) electrons. The molecule has 5 heteroatoms. The number of H-pyrrole nitrogens is 1. The van der Waals surface area contributed by atoms with Gasteiger partial charge in [0.15, 0.2) is 5.16 Å². The lowest BCUT2D eigenvalue weighted by Gasteiger charge is -2.06. The second-order valence-corrected chi connectivity index (χ2v) is 7.62. The number of hydrogen-bond acceptors (Lipinski definition) is 4. The molecule has 0 aliphatic rings. The van der Waals surface area contributed by atoms with Crippen LogP contribution < -0.4 is 5.56 Å². The quantitative estimate of drug-likeness (QED) is 0.583. The predicted octanol–water partition coefficient (Wildman–Crippen LogP) is 4.08. The molecule has 0 saturated heterocycles. The van der Waals surface area contributed by atoms with Gasteiger partial charge in [-0.1, -0.05) is 43.8 Å². The molecule has 108 valence electrons. The van der Waals surface area contributed by atoms with E-state index in [1.165, 1.54) is 15.6 Å². The zero-order valence-corrected chi connectivity index (χ0v) is 13.6. The van der Waals surface area contributed by atoms with Crippen molar-refractivity contribution in [1.29, 1.82) is 0 Å². The van der Waals surface area contributed by atoms with Gasteiger partial charge in [0.2, 0.25) is 0 Å². The average Bonchev–Trinajstić information content (AvgIpc) is 2.81. The van der Waals surface area contributed by atoms with Crippen molar-refractivity contribution in [2.45, 2.75) is 30.7 Å². The summed E-state index contributed by atoms with van der Waals surface area (Å²) in [5.74, 6) is 0. The maximum absolute atomic E-state index is 11.8. The Bertz CT molecular complexity index is 820. The number of rotatable bonds is 4. The van der Waals surface area contributed by atoms with Crippen molar-refractivity contribution in [3.05, 3.63) is 57.3 Å². The van der Waals surface area contributed by atoms with Crippen molar-refractivity contribution in [3.63, 3.8) is 0 Å². The van der Waals surface area contributed by atoms with Gasteiger partial charge < -0.3 is 4.98 Å². The molecule has 0 unspecified atom stereocenters. The van der Waals surface area contributed by atoms with E-state index in [1.54, 1.807) is 29.2 Å². The van der Waals surface area contributed by atoms with E-state index >= 15 is 0 Å². The largest absolute Gasteiger partial charge is 0.301 e. The van der Waals surface area contributed by atoms with Crippen LogP contribution >= 0.6 is 23.1 Å². The fraction of sp³-hybridized carbons (Fsp3) is 0.250. The fourth-order valence-electron chi connectivity index (χ4n) is 2.22. The molecule has 1 aromatic carbocycles. The third kappa shape index (κ3) is 3.36. The molecule has 3 rings (SSSR count). The summed E-state index contributed by atoms with van der Waals surface area (Å²) in [6.45, 7) is 4.17. The average molecular weight is 316 g/mol. The van der Waals surface area contributed by atoms with Crippen LogP contribution in [-0.2, 0) is 6.42 Å². The summed E-state index contributed by atoms with van der Waals surface area (Å²) in [7, 11) is 0. The molecule has 0 aliphatic heterocycles. The lowest BCUT2D eigenvalue weighted by molar-refractivity contribution is 0.876. The Morgan fingerprint density at radius 3 is 2.95 bits per heavy atom. The number of nitrogens with zero attached hydrogens (tertiary/aromatic N) is 1. The van der Waals surface area contributed by atoms with Gasteiger partial charge in [0.05, 0.1) is 5.69 Å². The first kappa shape index (κ1) is 14.4. The predicted molar refractivity (Wildman–Crippen MR) is 90.5 cm³/mol. The second kappa shape index (κ2) is 6.03. The van der Waals surface area contributed by atoms with E-state index in [0.29, 0.717) is 16.8 Å². The first-order chi connectivity index (χ1) is 10.1. The lowest BCUT2D eigenvalue weighted by atomic mass is 10.1. The Morgan fingerprint density at radius 1 is 1.33 bits per heavy atom. The van der Waals surface area contributed by atoms with Gasteiger partial charge in [-0.25, -0.2) is 4.98 Å². The second-order valence-electron chi connectivity index (χ2n) is 5.14. The Hall–Kier alpha value is -1.59. The minimum atomic E-state index is -0.0808. The molecule has 0 fully saturated rings. The molecule has 0 bridgehead atoms. The summed E-state index contributed by atoms with van der Waals surface area (Å²) in [5.41, 5.74) is 1.97. The van der Waals surface area contributed by atoms with E-state index in [1.807, 2.05) is 12.1 Å². The van der Waals surface area contributed by atoms with E-state index in [-0.39, 0.29) is 5.56 Å². The Labute approximate surface area is 131 Å². The van der Waals surface area contributed by atoms with Crippen LogP contribution in [0.4, 0.5) is 0 Å².